The molecule has 0 radical (unpaired) electrons. The van der Waals surface area contributed by atoms with Gasteiger partial charge in [-0.25, -0.2) is 0 Å². The zero-order valence-electron chi connectivity index (χ0n) is 7.35. The van der Waals surface area contributed by atoms with Crippen LogP contribution in [0.4, 0.5) is 13.2 Å². The average molecular weight is 279 g/mol. The van der Waals surface area contributed by atoms with Gasteiger partial charge in [0.05, 0.1) is 11.6 Å². The van der Waals surface area contributed by atoms with Crippen molar-refractivity contribution < 1.29 is 13.2 Å². The van der Waals surface area contributed by atoms with E-state index in [-0.39, 0.29) is 15.6 Å². The van der Waals surface area contributed by atoms with E-state index in [2.05, 4.69) is 15.9 Å². The van der Waals surface area contributed by atoms with Crippen LogP contribution in [0.15, 0.2) is 22.7 Å². The highest BCUT2D eigenvalue weighted by atomic mass is 79.9. The minimum Gasteiger partial charge on any atom is -0.316 e. The first-order chi connectivity index (χ1) is 6.86. The number of hydrogen-bond acceptors (Lipinski definition) is 2. The van der Waals surface area contributed by atoms with Crippen molar-refractivity contribution in [2.45, 2.75) is 12.2 Å². The Bertz CT molecular complexity index is 409. The van der Waals surface area contributed by atoms with Crippen LogP contribution in [0.25, 0.3) is 0 Å². The van der Waals surface area contributed by atoms with Crippen LogP contribution in [0.3, 0.4) is 0 Å². The normalized spacial score (nSPS) is 13.3. The molecule has 0 heterocycles. The van der Waals surface area contributed by atoms with Gasteiger partial charge in [0.1, 0.15) is 6.04 Å². The summed E-state index contributed by atoms with van der Waals surface area (Å²) in [7, 11) is 0. The zero-order chi connectivity index (χ0) is 11.6. The Hall–Kier alpha value is -1.06. The molecule has 0 bridgehead atoms. The molecule has 1 rings (SSSR count). The summed E-state index contributed by atoms with van der Waals surface area (Å²) in [4.78, 5) is 0. The van der Waals surface area contributed by atoms with Crippen LogP contribution in [0.1, 0.15) is 17.2 Å². The maximum atomic E-state index is 12.3. The molecule has 0 aliphatic heterocycles. The molecule has 15 heavy (non-hydrogen) atoms. The van der Waals surface area contributed by atoms with Crippen LogP contribution in [0.2, 0.25) is 0 Å². The van der Waals surface area contributed by atoms with Crippen molar-refractivity contribution in [2.75, 3.05) is 0 Å². The number of nitriles is 1. The van der Waals surface area contributed by atoms with Crippen molar-refractivity contribution in [1.82, 2.24) is 0 Å². The molecule has 1 aromatic rings. The lowest BCUT2D eigenvalue weighted by atomic mass is 10.0. The average Bonchev–Trinajstić information content (AvgIpc) is 2.16. The molecule has 0 spiro atoms. The molecular formula is C9H6BrF3N2. The lowest BCUT2D eigenvalue weighted by Gasteiger charge is -2.17. The number of rotatable bonds is 1. The summed E-state index contributed by atoms with van der Waals surface area (Å²) in [5, 5.41) is 8.55. The third-order valence-electron chi connectivity index (χ3n) is 1.81. The smallest absolute Gasteiger partial charge is 0.316 e. The fourth-order valence-electron chi connectivity index (χ4n) is 1.03. The molecule has 0 amide bonds. The highest BCUT2D eigenvalue weighted by molar-refractivity contribution is 9.10. The lowest BCUT2D eigenvalue weighted by Crippen LogP contribution is -2.28. The maximum Gasteiger partial charge on any atom is 0.407 e. The molecule has 1 aromatic carbocycles. The molecule has 80 valence electrons. The Balaban J connectivity index is 3.20. The van der Waals surface area contributed by atoms with Gasteiger partial charge in [-0.3, -0.25) is 0 Å². The monoisotopic (exact) mass is 278 g/mol. The predicted octanol–water partition coefficient (Wildman–Crippen LogP) is 2.88. The highest BCUT2D eigenvalue weighted by Gasteiger charge is 2.38. The number of nitrogens with two attached hydrogens (primary N) is 1. The molecule has 1 atom stereocenters. The molecule has 1 unspecified atom stereocenters. The fourth-order valence-corrected chi connectivity index (χ4v) is 1.52. The number of hydrogen-bond donors (Lipinski definition) is 1. The van der Waals surface area contributed by atoms with Crippen molar-refractivity contribution in [3.05, 3.63) is 33.8 Å². The fraction of sp³-hybridized carbons (Fsp3) is 0.222. The van der Waals surface area contributed by atoms with E-state index in [1.54, 1.807) is 6.07 Å². The summed E-state index contributed by atoms with van der Waals surface area (Å²) in [5.74, 6) is 0. The predicted molar refractivity (Wildman–Crippen MR) is 51.8 cm³/mol. The Morgan fingerprint density at radius 2 is 2.00 bits per heavy atom. The highest BCUT2D eigenvalue weighted by Crippen LogP contribution is 2.34. The molecule has 0 aromatic heterocycles. The summed E-state index contributed by atoms with van der Waals surface area (Å²) in [5.41, 5.74) is 5.04. The van der Waals surface area contributed by atoms with Gasteiger partial charge in [0, 0.05) is 4.47 Å². The van der Waals surface area contributed by atoms with Crippen molar-refractivity contribution in [3.63, 3.8) is 0 Å². The van der Waals surface area contributed by atoms with E-state index in [4.69, 9.17) is 11.0 Å². The Morgan fingerprint density at radius 1 is 1.40 bits per heavy atom. The largest absolute Gasteiger partial charge is 0.407 e. The quantitative estimate of drug-likeness (QED) is 0.859. The van der Waals surface area contributed by atoms with E-state index in [1.807, 2.05) is 0 Å². The third-order valence-corrected chi connectivity index (χ3v) is 2.53. The van der Waals surface area contributed by atoms with Crippen molar-refractivity contribution in [1.29, 1.82) is 5.26 Å². The van der Waals surface area contributed by atoms with Gasteiger partial charge in [0.25, 0.3) is 0 Å². The van der Waals surface area contributed by atoms with E-state index in [0.717, 1.165) is 6.07 Å². The van der Waals surface area contributed by atoms with Crippen LogP contribution in [0, 0.1) is 11.3 Å². The number of benzene rings is 1. The van der Waals surface area contributed by atoms with Crippen LogP contribution < -0.4 is 5.73 Å². The standard InChI is InChI=1S/C9H6BrF3N2/c10-7-2-1-5(4-14)3-6(7)8(15)9(11,12)13/h1-3,8H,15H2. The topological polar surface area (TPSA) is 49.8 Å². The summed E-state index contributed by atoms with van der Waals surface area (Å²) in [6.07, 6.45) is -4.52. The van der Waals surface area contributed by atoms with Gasteiger partial charge >= 0.3 is 6.18 Å². The first kappa shape index (κ1) is 12.0. The molecule has 0 saturated heterocycles. The second kappa shape index (κ2) is 4.21. The lowest BCUT2D eigenvalue weighted by molar-refractivity contribution is -0.149. The van der Waals surface area contributed by atoms with E-state index >= 15 is 0 Å². The molecule has 0 saturated carbocycles. The molecule has 0 aliphatic rings. The van der Waals surface area contributed by atoms with E-state index in [9.17, 15) is 13.2 Å². The second-order valence-electron chi connectivity index (χ2n) is 2.87. The number of halogens is 4. The summed E-state index contributed by atoms with van der Waals surface area (Å²) < 4.78 is 37.2. The van der Waals surface area contributed by atoms with Crippen LogP contribution >= 0.6 is 15.9 Å². The minimum absolute atomic E-state index is 0.137. The number of nitrogens with zero attached hydrogens (tertiary/aromatic N) is 1. The molecule has 2 N–H and O–H groups in total. The van der Waals surface area contributed by atoms with Gasteiger partial charge in [-0.1, -0.05) is 15.9 Å². The Morgan fingerprint density at radius 3 is 2.47 bits per heavy atom. The van der Waals surface area contributed by atoms with Crippen molar-refractivity contribution >= 4 is 15.9 Å². The first-order valence-corrected chi connectivity index (χ1v) is 4.67. The van der Waals surface area contributed by atoms with Crippen molar-refractivity contribution in [2.24, 2.45) is 5.73 Å². The number of alkyl halides is 3. The summed E-state index contributed by atoms with van der Waals surface area (Å²) in [6, 6.07) is 3.59. The molecule has 0 aliphatic carbocycles. The summed E-state index contributed by atoms with van der Waals surface area (Å²) >= 11 is 2.96. The molecule has 2 nitrogen and oxygen atoms in total. The third kappa shape index (κ3) is 2.70. The van der Waals surface area contributed by atoms with Gasteiger partial charge < -0.3 is 5.73 Å². The second-order valence-corrected chi connectivity index (χ2v) is 3.72. The van der Waals surface area contributed by atoms with Crippen LogP contribution in [-0.2, 0) is 0 Å². The van der Waals surface area contributed by atoms with Gasteiger partial charge in [-0.15, -0.1) is 0 Å². The minimum atomic E-state index is -4.52. The Kier molecular flexibility index (Phi) is 3.37. The van der Waals surface area contributed by atoms with E-state index in [0.29, 0.717) is 0 Å². The molecular weight excluding hydrogens is 273 g/mol. The molecule has 6 heteroatoms. The maximum absolute atomic E-state index is 12.3. The van der Waals surface area contributed by atoms with Gasteiger partial charge in [0.2, 0.25) is 0 Å². The van der Waals surface area contributed by atoms with Gasteiger partial charge in [-0.2, -0.15) is 18.4 Å². The Labute approximate surface area is 92.6 Å². The SMILES string of the molecule is N#Cc1ccc(Br)c(C(N)C(F)(F)F)c1. The van der Waals surface area contributed by atoms with Crippen LogP contribution in [-0.4, -0.2) is 6.18 Å². The van der Waals surface area contributed by atoms with Gasteiger partial charge in [0.15, 0.2) is 0 Å². The first-order valence-electron chi connectivity index (χ1n) is 3.88. The molecule has 0 fully saturated rings. The van der Waals surface area contributed by atoms with Crippen LogP contribution in [0.5, 0.6) is 0 Å². The van der Waals surface area contributed by atoms with Gasteiger partial charge in [-0.05, 0) is 23.8 Å². The summed E-state index contributed by atoms with van der Waals surface area (Å²) in [6.45, 7) is 0. The zero-order valence-corrected chi connectivity index (χ0v) is 8.93. The van der Waals surface area contributed by atoms with E-state index in [1.165, 1.54) is 12.1 Å². The van der Waals surface area contributed by atoms with Crippen molar-refractivity contribution in [3.8, 4) is 6.07 Å². The van der Waals surface area contributed by atoms with E-state index < -0.39 is 12.2 Å².